The van der Waals surface area contributed by atoms with Crippen LogP contribution in [-0.2, 0) is 10.2 Å². The molecule has 2 N–H and O–H groups in total. The smallest absolute Gasteiger partial charge is 0.192 e. The fourth-order valence-electron chi connectivity index (χ4n) is 3.42. The van der Waals surface area contributed by atoms with Gasteiger partial charge in [-0.2, -0.15) is 0 Å². The maximum absolute atomic E-state index is 5.95. The Morgan fingerprint density at radius 3 is 2.74 bits per heavy atom. The van der Waals surface area contributed by atoms with Crippen molar-refractivity contribution in [2.45, 2.75) is 31.2 Å². The lowest BCUT2D eigenvalue weighted by atomic mass is 9.59. The normalized spacial score (nSPS) is 28.9. The Hall–Kier alpha value is -1.39. The quantitative estimate of drug-likeness (QED) is 0.896. The van der Waals surface area contributed by atoms with Gasteiger partial charge in [0, 0.05) is 18.4 Å². The van der Waals surface area contributed by atoms with E-state index in [1.165, 1.54) is 5.56 Å². The van der Waals surface area contributed by atoms with E-state index in [0.717, 1.165) is 43.0 Å². The van der Waals surface area contributed by atoms with Crippen LogP contribution < -0.4 is 5.73 Å². The molecule has 19 heavy (non-hydrogen) atoms. The zero-order chi connectivity index (χ0) is 13.0. The first kappa shape index (κ1) is 11.4. The van der Waals surface area contributed by atoms with E-state index in [0.29, 0.717) is 12.0 Å². The Morgan fingerprint density at radius 2 is 2.11 bits per heavy atom. The van der Waals surface area contributed by atoms with E-state index < -0.39 is 0 Å². The maximum Gasteiger partial charge on any atom is 0.192 e. The summed E-state index contributed by atoms with van der Waals surface area (Å²) in [5, 5.41) is 0. The van der Waals surface area contributed by atoms with Gasteiger partial charge >= 0.3 is 0 Å². The van der Waals surface area contributed by atoms with Crippen molar-refractivity contribution in [3.63, 3.8) is 0 Å². The van der Waals surface area contributed by atoms with Crippen LogP contribution in [0.25, 0.3) is 11.1 Å². The average molecular weight is 258 g/mol. The van der Waals surface area contributed by atoms with Crippen LogP contribution >= 0.6 is 0 Å². The second kappa shape index (κ2) is 3.81. The van der Waals surface area contributed by atoms with Gasteiger partial charge < -0.3 is 14.9 Å². The van der Waals surface area contributed by atoms with E-state index in [9.17, 15) is 0 Å². The van der Waals surface area contributed by atoms with Gasteiger partial charge in [0.15, 0.2) is 11.5 Å². The molecular formula is C15H18N2O2. The van der Waals surface area contributed by atoms with Crippen LogP contribution in [0.1, 0.15) is 24.3 Å². The number of aryl methyl sites for hydroxylation is 1. The highest BCUT2D eigenvalue weighted by Crippen LogP contribution is 2.48. The third-order valence-corrected chi connectivity index (χ3v) is 4.75. The number of nitrogens with zero attached hydrogens (tertiary/aromatic N) is 1. The summed E-state index contributed by atoms with van der Waals surface area (Å²) in [6.45, 7) is 3.50. The van der Waals surface area contributed by atoms with Crippen LogP contribution in [0, 0.1) is 12.8 Å². The van der Waals surface area contributed by atoms with E-state index in [1.807, 2.05) is 6.92 Å². The van der Waals surface area contributed by atoms with Gasteiger partial charge in [-0.15, -0.1) is 0 Å². The Balaban J connectivity index is 1.75. The summed E-state index contributed by atoms with van der Waals surface area (Å²) in [5.74, 6) is 1.37. The van der Waals surface area contributed by atoms with Crippen LogP contribution in [0.15, 0.2) is 22.6 Å². The summed E-state index contributed by atoms with van der Waals surface area (Å²) in [4.78, 5) is 4.35. The van der Waals surface area contributed by atoms with E-state index >= 15 is 0 Å². The van der Waals surface area contributed by atoms with Crippen LogP contribution in [-0.4, -0.2) is 24.2 Å². The first-order valence-corrected chi connectivity index (χ1v) is 6.88. The van der Waals surface area contributed by atoms with Crippen molar-refractivity contribution < 1.29 is 9.15 Å². The van der Waals surface area contributed by atoms with Gasteiger partial charge in [-0.05, 0) is 36.5 Å². The molecule has 0 unspecified atom stereocenters. The van der Waals surface area contributed by atoms with Gasteiger partial charge in [0.2, 0.25) is 0 Å². The molecule has 2 aliphatic rings. The third kappa shape index (κ3) is 1.56. The van der Waals surface area contributed by atoms with E-state index in [4.69, 9.17) is 14.9 Å². The zero-order valence-electron chi connectivity index (χ0n) is 11.1. The van der Waals surface area contributed by atoms with Crippen molar-refractivity contribution in [2.75, 3.05) is 13.2 Å². The van der Waals surface area contributed by atoms with E-state index in [2.05, 4.69) is 23.2 Å². The zero-order valence-corrected chi connectivity index (χ0v) is 11.1. The lowest BCUT2D eigenvalue weighted by molar-refractivity contribution is -0.111. The highest BCUT2D eigenvalue weighted by Gasteiger charge is 2.51. The van der Waals surface area contributed by atoms with Crippen molar-refractivity contribution in [1.82, 2.24) is 4.98 Å². The third-order valence-electron chi connectivity index (χ3n) is 4.75. The lowest BCUT2D eigenvalue weighted by Gasteiger charge is -2.53. The van der Waals surface area contributed by atoms with Gasteiger partial charge in [-0.25, -0.2) is 4.98 Å². The number of ether oxygens (including phenoxy) is 1. The van der Waals surface area contributed by atoms with Crippen molar-refractivity contribution in [3.05, 3.63) is 29.7 Å². The second-order valence-electron chi connectivity index (χ2n) is 5.99. The van der Waals surface area contributed by atoms with Crippen LogP contribution in [0.2, 0.25) is 0 Å². The van der Waals surface area contributed by atoms with Gasteiger partial charge in [-0.3, -0.25) is 0 Å². The number of rotatable bonds is 2. The minimum atomic E-state index is 0.157. The van der Waals surface area contributed by atoms with Crippen molar-refractivity contribution in [2.24, 2.45) is 11.7 Å². The molecule has 0 bridgehead atoms. The molecule has 1 aliphatic heterocycles. The van der Waals surface area contributed by atoms with Crippen LogP contribution in [0.4, 0.5) is 0 Å². The summed E-state index contributed by atoms with van der Waals surface area (Å²) in [5.41, 5.74) is 9.24. The summed E-state index contributed by atoms with van der Waals surface area (Å²) >= 11 is 0. The number of hydrogen-bond donors (Lipinski definition) is 1. The summed E-state index contributed by atoms with van der Waals surface area (Å²) in [6, 6.07) is 6.75. The maximum atomic E-state index is 5.95. The largest absolute Gasteiger partial charge is 0.441 e. The number of oxazole rings is 1. The number of benzene rings is 1. The number of hydrogen-bond acceptors (Lipinski definition) is 4. The molecule has 0 spiro atoms. The molecule has 2 heterocycles. The minimum Gasteiger partial charge on any atom is -0.441 e. The number of nitrogens with two attached hydrogens (primary N) is 1. The number of fused-ring (bicyclic) bond motifs is 1. The minimum absolute atomic E-state index is 0.157. The Labute approximate surface area is 111 Å². The first-order chi connectivity index (χ1) is 9.17. The lowest BCUT2D eigenvalue weighted by Crippen LogP contribution is -2.58. The van der Waals surface area contributed by atoms with Crippen LogP contribution in [0.3, 0.4) is 0 Å². The molecule has 4 nitrogen and oxygen atoms in total. The summed E-state index contributed by atoms with van der Waals surface area (Å²) < 4.78 is 11.2. The Bertz CT molecular complexity index is 624. The van der Waals surface area contributed by atoms with Crippen molar-refractivity contribution >= 4 is 11.1 Å². The Morgan fingerprint density at radius 1 is 1.32 bits per heavy atom. The van der Waals surface area contributed by atoms with E-state index in [-0.39, 0.29) is 5.41 Å². The van der Waals surface area contributed by atoms with E-state index in [1.54, 1.807) is 0 Å². The van der Waals surface area contributed by atoms with Gasteiger partial charge in [0.1, 0.15) is 5.52 Å². The van der Waals surface area contributed by atoms with Gasteiger partial charge in [0.25, 0.3) is 0 Å². The average Bonchev–Trinajstić information content (AvgIpc) is 2.64. The molecule has 4 rings (SSSR count). The molecule has 4 heteroatoms. The molecule has 2 fully saturated rings. The van der Waals surface area contributed by atoms with Crippen molar-refractivity contribution in [1.29, 1.82) is 0 Å². The predicted octanol–water partition coefficient (Wildman–Crippen LogP) is 2.14. The molecule has 0 atom stereocenters. The topological polar surface area (TPSA) is 61.3 Å². The fourth-order valence-corrected chi connectivity index (χ4v) is 3.42. The molecule has 1 saturated heterocycles. The molecule has 1 saturated carbocycles. The second-order valence-corrected chi connectivity index (χ2v) is 5.99. The predicted molar refractivity (Wildman–Crippen MR) is 71.9 cm³/mol. The molecular weight excluding hydrogens is 240 g/mol. The SMILES string of the molecule is Cc1nc2ccc(C3(C4CC(N)C4)COC3)cc2o1. The molecule has 100 valence electrons. The molecule has 0 radical (unpaired) electrons. The van der Waals surface area contributed by atoms with Crippen molar-refractivity contribution in [3.8, 4) is 0 Å². The van der Waals surface area contributed by atoms with Gasteiger partial charge in [0.05, 0.1) is 13.2 Å². The molecule has 1 aliphatic carbocycles. The summed E-state index contributed by atoms with van der Waals surface area (Å²) in [6.07, 6.45) is 2.22. The number of aromatic nitrogens is 1. The molecule has 1 aromatic heterocycles. The monoisotopic (exact) mass is 258 g/mol. The highest BCUT2D eigenvalue weighted by molar-refractivity contribution is 5.74. The fraction of sp³-hybridized carbons (Fsp3) is 0.533. The first-order valence-electron chi connectivity index (χ1n) is 6.88. The Kier molecular flexibility index (Phi) is 2.29. The summed E-state index contributed by atoms with van der Waals surface area (Å²) in [7, 11) is 0. The molecule has 2 aromatic rings. The standard InChI is InChI=1S/C15H18N2O2/c1-9-17-13-3-2-10(6-14(13)19-9)15(7-18-8-15)11-4-12(16)5-11/h2-3,6,11-12H,4-5,7-8,16H2,1H3. The highest BCUT2D eigenvalue weighted by atomic mass is 16.5. The van der Waals surface area contributed by atoms with Gasteiger partial charge in [-0.1, -0.05) is 6.07 Å². The van der Waals surface area contributed by atoms with Crippen LogP contribution in [0.5, 0.6) is 0 Å². The molecule has 1 aromatic carbocycles. The molecule has 0 amide bonds.